The van der Waals surface area contributed by atoms with Crippen LogP contribution in [0.1, 0.15) is 92.7 Å². The van der Waals surface area contributed by atoms with Gasteiger partial charge in [0.2, 0.25) is 0 Å². The minimum absolute atomic E-state index is 0.0479. The summed E-state index contributed by atoms with van der Waals surface area (Å²) in [5.41, 5.74) is 23.8. The summed E-state index contributed by atoms with van der Waals surface area (Å²) >= 11 is 0. The molecule has 0 bridgehead atoms. The van der Waals surface area contributed by atoms with Gasteiger partial charge < -0.3 is 18.7 Å². The summed E-state index contributed by atoms with van der Waals surface area (Å²) in [4.78, 5) is 4.14. The molecular weight excluding hydrogens is 1150 g/mol. The SMILES string of the molecule is [2H]c1c([2H])c([2H])c(-c2ccc3c(c2)c2cc(-c4c([2H])c([2H])c([2H])c([2H])c4[2H])cc4c2n3-c2c3c(cc5[nH]c6c(-c7ccccc7-c7ccccc7-c7ccccc7)cccc6c25)-n2c5ccc(C(C)(C)C)cc5c5cc(-n6c7ccc(C(C)(C)C)cc7c7cc(C(C)(C)C)ccc76)cc(c52)B34)c([2H])c1[2H]. The lowest BCUT2D eigenvalue weighted by Gasteiger charge is -2.34. The molecule has 0 saturated heterocycles. The number of nitrogens with zero attached hydrogens (tertiary/aromatic N) is 3. The maximum atomic E-state index is 9.71. The first-order valence-corrected chi connectivity index (χ1v) is 33.0. The van der Waals surface area contributed by atoms with Crippen LogP contribution in [-0.2, 0) is 16.2 Å². The van der Waals surface area contributed by atoms with Crippen molar-refractivity contribution in [2.24, 2.45) is 0 Å². The van der Waals surface area contributed by atoms with Gasteiger partial charge in [-0.2, -0.15) is 0 Å². The van der Waals surface area contributed by atoms with E-state index < -0.39 is 43.0 Å². The first-order chi connectivity index (χ1) is 50.2. The highest BCUT2D eigenvalue weighted by Crippen LogP contribution is 2.49. The minimum atomic E-state index is -0.596. The molecule has 454 valence electrons. The van der Waals surface area contributed by atoms with Gasteiger partial charge in [-0.05, 0) is 172 Å². The fraction of sp³-hybridized carbons (Fsp3) is 0.133. The van der Waals surface area contributed by atoms with E-state index in [9.17, 15) is 8.22 Å². The van der Waals surface area contributed by atoms with Crippen molar-refractivity contribution in [3.8, 4) is 72.7 Å². The summed E-state index contributed by atoms with van der Waals surface area (Å²) in [7, 11) is 0. The molecule has 1 N–H and O–H groups in total. The Labute approximate surface area is 568 Å². The van der Waals surface area contributed by atoms with E-state index in [2.05, 4.69) is 251 Å². The van der Waals surface area contributed by atoms with E-state index in [0.29, 0.717) is 21.9 Å². The van der Waals surface area contributed by atoms with Crippen molar-refractivity contribution in [2.45, 2.75) is 78.6 Å². The third kappa shape index (κ3) is 8.15. The smallest absolute Gasteiger partial charge is 0.252 e. The number of hydrogen-bond acceptors (Lipinski definition) is 0. The number of benzene rings is 13. The topological polar surface area (TPSA) is 30.6 Å². The zero-order valence-electron chi connectivity index (χ0n) is 64.5. The fourth-order valence-electron chi connectivity index (χ4n) is 16.2. The van der Waals surface area contributed by atoms with Gasteiger partial charge in [0.15, 0.2) is 0 Å². The zero-order chi connectivity index (χ0) is 72.8. The van der Waals surface area contributed by atoms with Crippen LogP contribution in [-0.4, -0.2) is 25.4 Å². The monoisotopic (exact) mass is 1230 g/mol. The Kier molecular flexibility index (Phi) is 9.65. The highest BCUT2D eigenvalue weighted by molar-refractivity contribution is 7.00. The van der Waals surface area contributed by atoms with Crippen LogP contribution in [0.25, 0.3) is 160 Å². The third-order valence-corrected chi connectivity index (χ3v) is 20.8. The molecule has 5 heteroatoms. The van der Waals surface area contributed by atoms with Crippen LogP contribution in [0.15, 0.2) is 261 Å². The maximum absolute atomic E-state index is 9.71. The molecule has 0 aliphatic carbocycles. The van der Waals surface area contributed by atoms with E-state index in [4.69, 9.17) is 5.48 Å². The van der Waals surface area contributed by atoms with Crippen molar-refractivity contribution < 1.29 is 13.7 Å². The number of aromatic amines is 1. The van der Waals surface area contributed by atoms with E-state index in [1.165, 1.54) is 16.7 Å². The Morgan fingerprint density at radius 1 is 0.347 bits per heavy atom. The molecule has 2 aliphatic rings. The maximum Gasteiger partial charge on any atom is 0.252 e. The molecule has 13 aromatic carbocycles. The molecule has 0 spiro atoms. The molecule has 19 rings (SSSR count). The Bertz CT molecular complexity index is 6660. The highest BCUT2D eigenvalue weighted by Gasteiger charge is 2.43. The average Bonchev–Trinajstić information content (AvgIpc) is 1.52. The average molecular weight is 1230 g/mol. The first-order valence-electron chi connectivity index (χ1n) is 38.0. The van der Waals surface area contributed by atoms with Gasteiger partial charge in [-0.25, -0.2) is 0 Å². The molecule has 4 nitrogen and oxygen atoms in total. The minimum Gasteiger partial charge on any atom is -0.354 e. The third-order valence-electron chi connectivity index (χ3n) is 20.8. The molecule has 0 radical (unpaired) electrons. The van der Waals surface area contributed by atoms with Gasteiger partial charge in [0.1, 0.15) is 0 Å². The van der Waals surface area contributed by atoms with E-state index in [1.807, 2.05) is 30.3 Å². The van der Waals surface area contributed by atoms with Crippen molar-refractivity contribution in [1.29, 1.82) is 0 Å². The Morgan fingerprint density at radius 3 is 1.44 bits per heavy atom. The Balaban J connectivity index is 1.00. The predicted octanol–water partition coefficient (Wildman–Crippen LogP) is 22.0. The lowest BCUT2D eigenvalue weighted by Crippen LogP contribution is -2.59. The molecule has 0 unspecified atom stereocenters. The molecular formula is C90H71BN4. The van der Waals surface area contributed by atoms with Crippen molar-refractivity contribution in [2.75, 3.05) is 0 Å². The number of H-pyrrole nitrogens is 1. The van der Waals surface area contributed by atoms with Crippen LogP contribution in [0.4, 0.5) is 0 Å². The highest BCUT2D eigenvalue weighted by atomic mass is 15.0. The molecule has 0 saturated carbocycles. The molecule has 6 heterocycles. The van der Waals surface area contributed by atoms with Crippen LogP contribution in [0.5, 0.6) is 0 Å². The van der Waals surface area contributed by atoms with Crippen LogP contribution in [0.2, 0.25) is 0 Å². The fourth-order valence-corrected chi connectivity index (χ4v) is 16.2. The van der Waals surface area contributed by atoms with E-state index in [1.54, 1.807) is 0 Å². The summed E-state index contributed by atoms with van der Waals surface area (Å²) in [5, 5.41) is 7.79. The van der Waals surface area contributed by atoms with E-state index >= 15 is 0 Å². The molecule has 0 atom stereocenters. The standard InChI is InChI=1S/C90H71BN4/c1-88(2,3)58-37-41-77-69(47-58)70-48-59(89(4,5)6)38-42-78(70)93(77)61-50-73-71-49-60(90(7,8)9)39-43-79(71)94-81-52-76-82(67-35-23-34-66(84(67)92-76)65-33-22-21-32-64(65)63-31-20-19-30-62(63)55-28-17-12-18-29-55)87-83(81)91(75(51-61)85(73)94)74-46-57(54-26-15-11-16-27-54)45-72-68-44-56(53-24-13-10-14-25-53)36-40-80(68)95(87)86(72)74/h10-52,92H,1-9H3/i10D,11D,13D,14D,15D,16D,24D,25D,26D,27D. The molecule has 17 aromatic rings. The van der Waals surface area contributed by atoms with Gasteiger partial charge in [-0.15, -0.1) is 0 Å². The summed E-state index contributed by atoms with van der Waals surface area (Å²) in [6, 6.07) is 68.0. The number of rotatable bonds is 6. The number of hydrogen-bond donors (Lipinski definition) is 1. The largest absolute Gasteiger partial charge is 0.354 e. The lowest BCUT2D eigenvalue weighted by atomic mass is 9.34. The Hall–Kier alpha value is -10.9. The van der Waals surface area contributed by atoms with Crippen LogP contribution in [0, 0.1) is 0 Å². The van der Waals surface area contributed by atoms with Gasteiger partial charge in [-0.3, -0.25) is 0 Å². The van der Waals surface area contributed by atoms with Gasteiger partial charge in [0, 0.05) is 71.1 Å². The van der Waals surface area contributed by atoms with Crippen LogP contribution in [0.3, 0.4) is 0 Å². The van der Waals surface area contributed by atoms with E-state index in [-0.39, 0.29) is 51.5 Å². The summed E-state index contributed by atoms with van der Waals surface area (Å²) in [6.07, 6.45) is 0. The number of para-hydroxylation sites is 1. The van der Waals surface area contributed by atoms with Crippen LogP contribution >= 0.6 is 0 Å². The van der Waals surface area contributed by atoms with Gasteiger partial charge in [0.25, 0.3) is 6.71 Å². The van der Waals surface area contributed by atoms with Crippen LogP contribution < -0.4 is 16.4 Å². The Morgan fingerprint density at radius 2 is 0.821 bits per heavy atom. The molecule has 2 aliphatic heterocycles. The van der Waals surface area contributed by atoms with Crippen molar-refractivity contribution >= 4 is 110 Å². The lowest BCUT2D eigenvalue weighted by molar-refractivity contribution is 0.590. The second-order valence-electron chi connectivity index (χ2n) is 29.4. The normalized spacial score (nSPS) is 14.6. The quantitative estimate of drug-likeness (QED) is 0.161. The molecule has 0 amide bonds. The number of fused-ring (bicyclic) bond motifs is 17. The number of aromatic nitrogens is 4. The molecule has 4 aromatic heterocycles. The molecule has 95 heavy (non-hydrogen) atoms. The van der Waals surface area contributed by atoms with Gasteiger partial charge in [0.05, 0.1) is 52.5 Å². The number of nitrogens with one attached hydrogen (secondary N) is 1. The first kappa shape index (κ1) is 46.2. The van der Waals surface area contributed by atoms with Crippen molar-refractivity contribution in [3.63, 3.8) is 0 Å². The van der Waals surface area contributed by atoms with Gasteiger partial charge in [-0.1, -0.05) is 250 Å². The summed E-state index contributed by atoms with van der Waals surface area (Å²) in [5.74, 6) is 0. The predicted molar refractivity (Wildman–Crippen MR) is 407 cm³/mol. The summed E-state index contributed by atoms with van der Waals surface area (Å²) in [6.45, 7) is 19.8. The second-order valence-corrected chi connectivity index (χ2v) is 29.4. The second kappa shape index (κ2) is 19.8. The zero-order valence-corrected chi connectivity index (χ0v) is 54.5. The van der Waals surface area contributed by atoms with E-state index in [0.717, 1.165) is 143 Å². The van der Waals surface area contributed by atoms with Crippen molar-refractivity contribution in [1.82, 2.24) is 18.7 Å². The molecule has 0 fully saturated rings. The van der Waals surface area contributed by atoms with Crippen molar-refractivity contribution in [3.05, 3.63) is 277 Å². The summed E-state index contributed by atoms with van der Waals surface area (Å²) < 4.78 is 99.0. The van der Waals surface area contributed by atoms with Gasteiger partial charge >= 0.3 is 0 Å².